The molecule has 3 aromatic rings. The number of aromatic nitrogens is 3. The monoisotopic (exact) mass is 416 g/mol. The predicted molar refractivity (Wildman–Crippen MR) is 109 cm³/mol. The molecule has 152 valence electrons. The lowest BCUT2D eigenvalue weighted by molar-refractivity contribution is 0.101. The van der Waals surface area contributed by atoms with Crippen molar-refractivity contribution in [2.75, 3.05) is 19.5 Å². The lowest BCUT2D eigenvalue weighted by Crippen LogP contribution is -2.16. The van der Waals surface area contributed by atoms with Crippen LogP contribution in [0.3, 0.4) is 0 Å². The average Bonchev–Trinajstić information content (AvgIpc) is 3.19. The minimum atomic E-state index is -0.808. The van der Waals surface area contributed by atoms with E-state index in [1.54, 1.807) is 43.5 Å². The predicted octanol–water partition coefficient (Wildman–Crippen LogP) is 3.24. The van der Waals surface area contributed by atoms with Gasteiger partial charge < -0.3 is 19.9 Å². The highest BCUT2D eigenvalue weighted by Crippen LogP contribution is 2.31. The van der Waals surface area contributed by atoms with Crippen molar-refractivity contribution in [3.05, 3.63) is 64.7 Å². The minimum absolute atomic E-state index is 0.0263. The molecule has 1 aromatic heterocycles. The number of hydrogen-bond acceptors (Lipinski definition) is 6. The number of carbonyl (C=O) groups is 1. The van der Waals surface area contributed by atoms with Crippen LogP contribution in [0.4, 0.5) is 5.69 Å². The van der Waals surface area contributed by atoms with E-state index in [-0.39, 0.29) is 12.4 Å². The topological polar surface area (TPSA) is 98.5 Å². The Morgan fingerprint density at radius 2 is 1.97 bits per heavy atom. The Morgan fingerprint density at radius 3 is 2.62 bits per heavy atom. The summed E-state index contributed by atoms with van der Waals surface area (Å²) in [5.41, 5.74) is 1.96. The van der Waals surface area contributed by atoms with Crippen LogP contribution in [0.5, 0.6) is 11.5 Å². The fraction of sp³-hybridized carbons (Fsp3) is 0.250. The molecule has 0 aliphatic carbocycles. The zero-order chi connectivity index (χ0) is 21.0. The van der Waals surface area contributed by atoms with Gasteiger partial charge in [0.2, 0.25) is 5.82 Å². The number of amides is 1. The van der Waals surface area contributed by atoms with Gasteiger partial charge in [-0.1, -0.05) is 23.7 Å². The Balaban J connectivity index is 1.69. The molecular formula is C20H21ClN4O4. The minimum Gasteiger partial charge on any atom is -0.497 e. The van der Waals surface area contributed by atoms with Gasteiger partial charge >= 0.3 is 0 Å². The van der Waals surface area contributed by atoms with E-state index in [0.29, 0.717) is 27.8 Å². The number of nitrogens with one attached hydrogen (secondary N) is 1. The summed E-state index contributed by atoms with van der Waals surface area (Å²) in [6, 6.07) is 10.4. The lowest BCUT2D eigenvalue weighted by atomic mass is 10.1. The summed E-state index contributed by atoms with van der Waals surface area (Å²) < 4.78 is 11.8. The zero-order valence-corrected chi connectivity index (χ0v) is 17.0. The van der Waals surface area contributed by atoms with Crippen molar-refractivity contribution in [1.29, 1.82) is 0 Å². The lowest BCUT2D eigenvalue weighted by Gasteiger charge is -2.12. The van der Waals surface area contributed by atoms with E-state index in [4.69, 9.17) is 21.1 Å². The second kappa shape index (κ2) is 8.93. The summed E-state index contributed by atoms with van der Waals surface area (Å²) >= 11 is 6.09. The van der Waals surface area contributed by atoms with Crippen molar-refractivity contribution >= 4 is 23.2 Å². The highest BCUT2D eigenvalue weighted by molar-refractivity contribution is 6.31. The van der Waals surface area contributed by atoms with Gasteiger partial charge in [0.05, 0.1) is 32.6 Å². The molecule has 9 heteroatoms. The van der Waals surface area contributed by atoms with Gasteiger partial charge in [-0.25, -0.2) is 9.67 Å². The molecule has 8 nitrogen and oxygen atoms in total. The normalized spacial score (nSPS) is 11.8. The number of carbonyl (C=O) groups excluding carboxylic acids is 1. The third-order valence-electron chi connectivity index (χ3n) is 4.33. The van der Waals surface area contributed by atoms with Gasteiger partial charge in [0.15, 0.2) is 0 Å². The molecule has 0 aliphatic heterocycles. The summed E-state index contributed by atoms with van der Waals surface area (Å²) in [6.45, 7) is 1.97. The fourth-order valence-electron chi connectivity index (χ4n) is 2.70. The molecular weight excluding hydrogens is 396 g/mol. The summed E-state index contributed by atoms with van der Waals surface area (Å²) in [4.78, 5) is 16.5. The van der Waals surface area contributed by atoms with E-state index in [1.165, 1.54) is 18.1 Å². The van der Waals surface area contributed by atoms with Crippen LogP contribution < -0.4 is 14.8 Å². The number of halogens is 1. The van der Waals surface area contributed by atoms with Crippen molar-refractivity contribution in [2.24, 2.45) is 0 Å². The van der Waals surface area contributed by atoms with Crippen molar-refractivity contribution < 1.29 is 19.4 Å². The maximum Gasteiger partial charge on any atom is 0.295 e. The smallest absolute Gasteiger partial charge is 0.295 e. The largest absolute Gasteiger partial charge is 0.497 e. The third kappa shape index (κ3) is 4.85. The number of ether oxygens (including phenoxy) is 2. The van der Waals surface area contributed by atoms with Gasteiger partial charge in [0.1, 0.15) is 17.8 Å². The maximum atomic E-state index is 12.5. The van der Waals surface area contributed by atoms with Crippen LogP contribution in [0.1, 0.15) is 27.8 Å². The Labute approximate surface area is 173 Å². The van der Waals surface area contributed by atoms with Crippen LogP contribution in [0.15, 0.2) is 42.7 Å². The van der Waals surface area contributed by atoms with Crippen LogP contribution in [-0.2, 0) is 6.54 Å². The highest BCUT2D eigenvalue weighted by atomic mass is 35.5. The summed E-state index contributed by atoms with van der Waals surface area (Å²) in [5.74, 6) is 0.612. The second-order valence-corrected chi connectivity index (χ2v) is 6.74. The molecule has 0 fully saturated rings. The Morgan fingerprint density at radius 1 is 1.24 bits per heavy atom. The quantitative estimate of drug-likeness (QED) is 0.613. The first-order valence-corrected chi connectivity index (χ1v) is 9.16. The first-order chi connectivity index (χ1) is 13.9. The zero-order valence-electron chi connectivity index (χ0n) is 16.2. The SMILES string of the molecule is COc1ccc([C@H](O)Cn2cnc(C(=O)Nc3cc(C)c(Cl)cc3OC)n2)cc1. The molecule has 0 spiro atoms. The van der Waals surface area contributed by atoms with E-state index in [2.05, 4.69) is 15.4 Å². The number of anilines is 1. The van der Waals surface area contributed by atoms with Crippen molar-refractivity contribution in [3.63, 3.8) is 0 Å². The molecule has 0 saturated carbocycles. The van der Waals surface area contributed by atoms with E-state index >= 15 is 0 Å². The molecule has 1 amide bonds. The van der Waals surface area contributed by atoms with Gasteiger partial charge in [0, 0.05) is 11.1 Å². The maximum absolute atomic E-state index is 12.5. The standard InChI is InChI=1S/C20H21ClN4O4/c1-12-8-16(18(29-3)9-15(12)21)23-20(27)19-22-11-25(24-19)10-17(26)13-4-6-14(28-2)7-5-13/h4-9,11,17,26H,10H2,1-3H3,(H,23,27)/t17-/m1/s1. The number of aliphatic hydroxyl groups is 1. The first-order valence-electron chi connectivity index (χ1n) is 8.78. The van der Waals surface area contributed by atoms with Crippen LogP contribution in [0.25, 0.3) is 0 Å². The van der Waals surface area contributed by atoms with Crippen molar-refractivity contribution in [2.45, 2.75) is 19.6 Å². The van der Waals surface area contributed by atoms with E-state index < -0.39 is 12.0 Å². The van der Waals surface area contributed by atoms with Crippen molar-refractivity contribution in [3.8, 4) is 11.5 Å². The van der Waals surface area contributed by atoms with Gasteiger partial charge in [-0.2, -0.15) is 0 Å². The molecule has 1 heterocycles. The molecule has 0 bridgehead atoms. The van der Waals surface area contributed by atoms with Gasteiger partial charge in [-0.15, -0.1) is 5.10 Å². The molecule has 3 rings (SSSR count). The number of nitrogens with zero attached hydrogens (tertiary/aromatic N) is 3. The molecule has 0 aliphatic rings. The van der Waals surface area contributed by atoms with E-state index in [9.17, 15) is 9.90 Å². The fourth-order valence-corrected chi connectivity index (χ4v) is 2.86. The number of aryl methyl sites for hydroxylation is 1. The summed E-state index contributed by atoms with van der Waals surface area (Å²) in [7, 11) is 3.07. The number of methoxy groups -OCH3 is 2. The molecule has 0 saturated heterocycles. The summed E-state index contributed by atoms with van der Waals surface area (Å²) in [5, 5.41) is 17.8. The summed E-state index contributed by atoms with van der Waals surface area (Å²) in [6.07, 6.45) is 0.587. The molecule has 29 heavy (non-hydrogen) atoms. The molecule has 0 unspecified atom stereocenters. The van der Waals surface area contributed by atoms with Gasteiger partial charge in [-0.3, -0.25) is 4.79 Å². The molecule has 2 aromatic carbocycles. The van der Waals surface area contributed by atoms with Crippen LogP contribution in [-0.4, -0.2) is 40.0 Å². The number of aliphatic hydroxyl groups excluding tert-OH is 1. The highest BCUT2D eigenvalue weighted by Gasteiger charge is 2.17. The number of hydrogen-bond donors (Lipinski definition) is 2. The third-order valence-corrected chi connectivity index (χ3v) is 4.74. The van der Waals surface area contributed by atoms with Crippen LogP contribution >= 0.6 is 11.6 Å². The molecule has 1 atom stereocenters. The molecule has 2 N–H and O–H groups in total. The van der Waals surface area contributed by atoms with Crippen LogP contribution in [0.2, 0.25) is 5.02 Å². The van der Waals surface area contributed by atoms with Crippen LogP contribution in [0, 0.1) is 6.92 Å². The van der Waals surface area contributed by atoms with Crippen molar-refractivity contribution in [1.82, 2.24) is 14.8 Å². The van der Waals surface area contributed by atoms with Gasteiger partial charge in [-0.05, 0) is 36.2 Å². The number of benzene rings is 2. The number of rotatable bonds is 7. The average molecular weight is 417 g/mol. The second-order valence-electron chi connectivity index (χ2n) is 6.33. The molecule has 0 radical (unpaired) electrons. The van der Waals surface area contributed by atoms with E-state index in [1.807, 2.05) is 6.92 Å². The Kier molecular flexibility index (Phi) is 6.36. The van der Waals surface area contributed by atoms with Gasteiger partial charge in [0.25, 0.3) is 5.91 Å². The Bertz CT molecular complexity index is 1000. The Hall–Kier alpha value is -3.10. The van der Waals surface area contributed by atoms with E-state index in [0.717, 1.165) is 5.56 Å². The first kappa shape index (κ1) is 20.6.